The fourth-order valence-electron chi connectivity index (χ4n) is 1.19. The van der Waals surface area contributed by atoms with Gasteiger partial charge in [-0.3, -0.25) is 0 Å². The van der Waals surface area contributed by atoms with Gasteiger partial charge < -0.3 is 5.11 Å². The minimum absolute atomic E-state index is 0.140. The van der Waals surface area contributed by atoms with Gasteiger partial charge in [-0.15, -0.1) is 0 Å². The topological polar surface area (TPSA) is 20.2 Å². The van der Waals surface area contributed by atoms with E-state index in [2.05, 4.69) is 46.9 Å². The summed E-state index contributed by atoms with van der Waals surface area (Å²) in [5.41, 5.74) is 1.31. The van der Waals surface area contributed by atoms with Gasteiger partial charge >= 0.3 is 0 Å². The lowest BCUT2D eigenvalue weighted by Crippen LogP contribution is -2.05. The van der Waals surface area contributed by atoms with Gasteiger partial charge in [-0.1, -0.05) is 19.1 Å². The zero-order valence-electron chi connectivity index (χ0n) is 7.83. The van der Waals surface area contributed by atoms with Crippen LogP contribution >= 0.6 is 22.6 Å². The third kappa shape index (κ3) is 4.09. The summed E-state index contributed by atoms with van der Waals surface area (Å²) in [6.45, 7) is 2.01. The van der Waals surface area contributed by atoms with Crippen LogP contribution in [0.4, 0.5) is 0 Å². The maximum atomic E-state index is 9.37. The first-order valence-electron chi connectivity index (χ1n) is 4.65. The molecule has 0 aliphatic rings. The second kappa shape index (κ2) is 5.60. The molecule has 2 heteroatoms. The molecule has 0 aliphatic carbocycles. The van der Waals surface area contributed by atoms with Gasteiger partial charge in [-0.05, 0) is 59.5 Å². The summed E-state index contributed by atoms with van der Waals surface area (Å²) in [5, 5.41) is 9.37. The number of benzene rings is 1. The Morgan fingerprint density at radius 3 is 2.46 bits per heavy atom. The maximum absolute atomic E-state index is 9.37. The Morgan fingerprint density at radius 2 is 1.92 bits per heavy atom. The molecular formula is C11H15IO. The van der Waals surface area contributed by atoms with Crippen LogP contribution in [0.2, 0.25) is 0 Å². The first-order chi connectivity index (χ1) is 6.22. The molecule has 0 fully saturated rings. The van der Waals surface area contributed by atoms with Gasteiger partial charge in [0.15, 0.2) is 0 Å². The van der Waals surface area contributed by atoms with E-state index >= 15 is 0 Å². The molecule has 1 aromatic carbocycles. The van der Waals surface area contributed by atoms with E-state index in [1.807, 2.05) is 6.92 Å². The monoisotopic (exact) mass is 290 g/mol. The third-order valence-corrected chi connectivity index (χ3v) is 2.87. The molecular weight excluding hydrogens is 275 g/mol. The summed E-state index contributed by atoms with van der Waals surface area (Å²) in [5.74, 6) is 0. The van der Waals surface area contributed by atoms with Crippen LogP contribution in [-0.4, -0.2) is 11.2 Å². The molecule has 0 saturated heterocycles. The number of halogens is 1. The molecule has 1 unspecified atom stereocenters. The number of aryl methyl sites for hydroxylation is 1. The van der Waals surface area contributed by atoms with E-state index in [-0.39, 0.29) is 6.10 Å². The number of aliphatic hydroxyl groups is 1. The lowest BCUT2D eigenvalue weighted by Gasteiger charge is -2.06. The summed E-state index contributed by atoms with van der Waals surface area (Å²) >= 11 is 2.30. The quantitative estimate of drug-likeness (QED) is 0.845. The molecule has 0 spiro atoms. The van der Waals surface area contributed by atoms with Crippen molar-refractivity contribution in [2.75, 3.05) is 0 Å². The highest BCUT2D eigenvalue weighted by Crippen LogP contribution is 2.10. The van der Waals surface area contributed by atoms with E-state index in [1.54, 1.807) is 0 Å². The highest BCUT2D eigenvalue weighted by molar-refractivity contribution is 14.1. The molecule has 1 rings (SSSR count). The van der Waals surface area contributed by atoms with E-state index in [4.69, 9.17) is 0 Å². The van der Waals surface area contributed by atoms with Crippen molar-refractivity contribution < 1.29 is 5.11 Å². The molecule has 0 aromatic heterocycles. The van der Waals surface area contributed by atoms with Crippen LogP contribution in [0.25, 0.3) is 0 Å². The van der Waals surface area contributed by atoms with Crippen LogP contribution in [0.15, 0.2) is 24.3 Å². The van der Waals surface area contributed by atoms with Crippen molar-refractivity contribution in [3.8, 4) is 0 Å². The molecule has 1 atom stereocenters. The van der Waals surface area contributed by atoms with Gasteiger partial charge in [-0.2, -0.15) is 0 Å². The predicted octanol–water partition coefficient (Wildman–Crippen LogP) is 2.99. The largest absolute Gasteiger partial charge is 0.393 e. The number of aliphatic hydroxyl groups excluding tert-OH is 1. The lowest BCUT2D eigenvalue weighted by atomic mass is 10.1. The second-order valence-electron chi connectivity index (χ2n) is 3.23. The summed E-state index contributed by atoms with van der Waals surface area (Å²) in [6, 6.07) is 8.47. The van der Waals surface area contributed by atoms with E-state index in [0.29, 0.717) is 0 Å². The summed E-state index contributed by atoms with van der Waals surface area (Å²) in [4.78, 5) is 0. The number of rotatable bonds is 4. The van der Waals surface area contributed by atoms with Crippen molar-refractivity contribution in [3.63, 3.8) is 0 Å². The highest BCUT2D eigenvalue weighted by Gasteiger charge is 2.00. The summed E-state index contributed by atoms with van der Waals surface area (Å²) in [7, 11) is 0. The van der Waals surface area contributed by atoms with Crippen molar-refractivity contribution in [2.45, 2.75) is 32.3 Å². The first kappa shape index (κ1) is 11.0. The fraction of sp³-hybridized carbons (Fsp3) is 0.455. The average molecular weight is 290 g/mol. The Hall–Kier alpha value is -0.0900. The zero-order chi connectivity index (χ0) is 9.68. The smallest absolute Gasteiger partial charge is 0.0540 e. The van der Waals surface area contributed by atoms with Gasteiger partial charge in [0.2, 0.25) is 0 Å². The van der Waals surface area contributed by atoms with Gasteiger partial charge in [0.1, 0.15) is 0 Å². The highest BCUT2D eigenvalue weighted by atomic mass is 127. The number of hydrogen-bond donors (Lipinski definition) is 1. The molecule has 1 nitrogen and oxygen atoms in total. The summed E-state index contributed by atoms with van der Waals surface area (Å²) < 4.78 is 1.26. The van der Waals surface area contributed by atoms with Crippen molar-refractivity contribution in [2.24, 2.45) is 0 Å². The van der Waals surface area contributed by atoms with Crippen LogP contribution in [0, 0.1) is 3.57 Å². The molecule has 0 heterocycles. The Morgan fingerprint density at radius 1 is 1.31 bits per heavy atom. The van der Waals surface area contributed by atoms with E-state index in [9.17, 15) is 5.11 Å². The molecule has 1 N–H and O–H groups in total. The average Bonchev–Trinajstić information content (AvgIpc) is 2.16. The normalized spacial score (nSPS) is 12.8. The molecule has 0 saturated carbocycles. The maximum Gasteiger partial charge on any atom is 0.0540 e. The van der Waals surface area contributed by atoms with Gasteiger partial charge in [0, 0.05) is 3.57 Å². The van der Waals surface area contributed by atoms with Crippen molar-refractivity contribution in [1.29, 1.82) is 0 Å². The van der Waals surface area contributed by atoms with Crippen LogP contribution in [0.3, 0.4) is 0 Å². The Labute approximate surface area is 93.3 Å². The molecule has 1 aromatic rings. The zero-order valence-corrected chi connectivity index (χ0v) is 9.99. The van der Waals surface area contributed by atoms with Crippen molar-refractivity contribution in [1.82, 2.24) is 0 Å². The van der Waals surface area contributed by atoms with Crippen LogP contribution in [0.5, 0.6) is 0 Å². The molecule has 0 bridgehead atoms. The second-order valence-corrected chi connectivity index (χ2v) is 4.47. The number of hydrogen-bond acceptors (Lipinski definition) is 1. The molecule has 0 aliphatic heterocycles. The Kier molecular flexibility index (Phi) is 4.73. The van der Waals surface area contributed by atoms with Crippen LogP contribution in [0.1, 0.15) is 25.3 Å². The molecule has 0 radical (unpaired) electrons. The Bertz CT molecular complexity index is 243. The molecule has 0 amide bonds. The van der Waals surface area contributed by atoms with Crippen LogP contribution < -0.4 is 0 Å². The Balaban J connectivity index is 2.41. The lowest BCUT2D eigenvalue weighted by molar-refractivity contribution is 0.160. The molecule has 72 valence electrons. The van der Waals surface area contributed by atoms with Gasteiger partial charge in [0.05, 0.1) is 6.10 Å². The minimum atomic E-state index is -0.140. The van der Waals surface area contributed by atoms with E-state index in [1.165, 1.54) is 9.13 Å². The van der Waals surface area contributed by atoms with Crippen LogP contribution in [-0.2, 0) is 6.42 Å². The van der Waals surface area contributed by atoms with E-state index in [0.717, 1.165) is 19.3 Å². The molecule has 13 heavy (non-hydrogen) atoms. The first-order valence-corrected chi connectivity index (χ1v) is 5.72. The minimum Gasteiger partial charge on any atom is -0.393 e. The standard InChI is InChI=1S/C11H15IO/c1-2-11(13)8-5-9-3-6-10(12)7-4-9/h3-4,6-7,11,13H,2,5,8H2,1H3. The predicted molar refractivity (Wildman–Crippen MR) is 63.8 cm³/mol. The van der Waals surface area contributed by atoms with E-state index < -0.39 is 0 Å². The van der Waals surface area contributed by atoms with Gasteiger partial charge in [-0.25, -0.2) is 0 Å². The fourth-order valence-corrected chi connectivity index (χ4v) is 1.55. The van der Waals surface area contributed by atoms with Crippen molar-refractivity contribution >= 4 is 22.6 Å². The third-order valence-electron chi connectivity index (χ3n) is 2.15. The SMILES string of the molecule is CCC(O)CCc1ccc(I)cc1. The summed E-state index contributed by atoms with van der Waals surface area (Å²) in [6.07, 6.45) is 2.56. The van der Waals surface area contributed by atoms with Gasteiger partial charge in [0.25, 0.3) is 0 Å². The van der Waals surface area contributed by atoms with Crippen molar-refractivity contribution in [3.05, 3.63) is 33.4 Å².